The van der Waals surface area contributed by atoms with Crippen LogP contribution in [0.3, 0.4) is 0 Å². The topological polar surface area (TPSA) is 81.2 Å². The summed E-state index contributed by atoms with van der Waals surface area (Å²) in [5.74, 6) is 1.25. The number of methoxy groups -OCH3 is 2. The number of aromatic nitrogens is 3. The van der Waals surface area contributed by atoms with Crippen LogP contribution in [-0.2, 0) is 13.1 Å². The summed E-state index contributed by atoms with van der Waals surface area (Å²) in [6.07, 6.45) is 0. The van der Waals surface area contributed by atoms with Crippen LogP contribution in [0, 0.1) is 0 Å². The Morgan fingerprint density at radius 3 is 2.29 bits per heavy atom. The molecule has 0 unspecified atom stereocenters. The summed E-state index contributed by atoms with van der Waals surface area (Å²) in [6.45, 7) is 1.10. The highest BCUT2D eigenvalue weighted by Crippen LogP contribution is 2.35. The first kappa shape index (κ1) is 22.4. The summed E-state index contributed by atoms with van der Waals surface area (Å²) in [4.78, 5) is 16.1. The number of hydrogen-bond donors (Lipinski definition) is 2. The fourth-order valence-corrected chi connectivity index (χ4v) is 4.14. The third kappa shape index (κ3) is 4.54. The van der Waals surface area contributed by atoms with E-state index in [1.807, 2.05) is 72.8 Å². The molecule has 2 aromatic heterocycles. The highest BCUT2D eigenvalue weighted by molar-refractivity contribution is 5.92. The largest absolute Gasteiger partial charge is 0.493 e. The van der Waals surface area contributed by atoms with Crippen molar-refractivity contribution < 1.29 is 9.47 Å². The van der Waals surface area contributed by atoms with Gasteiger partial charge in [0.2, 0.25) is 0 Å². The van der Waals surface area contributed by atoms with Crippen LogP contribution in [0.1, 0.15) is 11.1 Å². The predicted octanol–water partition coefficient (Wildman–Crippen LogP) is 4.69. The number of fused-ring (bicyclic) bond motifs is 1. The Morgan fingerprint density at radius 1 is 0.857 bits per heavy atom. The van der Waals surface area contributed by atoms with Gasteiger partial charge in [-0.1, -0.05) is 48.5 Å². The number of aromatic amines is 1. The maximum absolute atomic E-state index is 13.0. The van der Waals surface area contributed by atoms with Crippen molar-refractivity contribution in [1.82, 2.24) is 20.1 Å². The molecule has 5 aromatic rings. The molecular weight excluding hydrogens is 440 g/mol. The van der Waals surface area contributed by atoms with Gasteiger partial charge in [0.25, 0.3) is 5.56 Å². The van der Waals surface area contributed by atoms with Crippen molar-refractivity contribution in [3.05, 3.63) is 106 Å². The third-order valence-corrected chi connectivity index (χ3v) is 5.91. The summed E-state index contributed by atoms with van der Waals surface area (Å²) < 4.78 is 12.7. The molecule has 0 radical (unpaired) electrons. The first-order valence-electron chi connectivity index (χ1n) is 11.4. The Kier molecular flexibility index (Phi) is 6.32. The van der Waals surface area contributed by atoms with Gasteiger partial charge < -0.3 is 19.8 Å². The van der Waals surface area contributed by atoms with Gasteiger partial charge in [-0.25, -0.2) is 4.68 Å². The molecule has 5 rings (SSSR count). The van der Waals surface area contributed by atoms with Crippen LogP contribution in [0.25, 0.3) is 28.0 Å². The Balaban J connectivity index is 1.60. The zero-order chi connectivity index (χ0) is 24.2. The Morgan fingerprint density at radius 2 is 1.57 bits per heavy atom. The fraction of sp³-hybridized carbons (Fsp3) is 0.143. The van der Waals surface area contributed by atoms with Crippen molar-refractivity contribution in [1.29, 1.82) is 0 Å². The normalized spacial score (nSPS) is 11.0. The molecule has 0 aliphatic heterocycles. The van der Waals surface area contributed by atoms with E-state index in [1.165, 1.54) is 0 Å². The van der Waals surface area contributed by atoms with Crippen LogP contribution >= 0.6 is 0 Å². The molecule has 7 nitrogen and oxygen atoms in total. The van der Waals surface area contributed by atoms with Gasteiger partial charge in [0.05, 0.1) is 19.9 Å². The molecule has 0 amide bonds. The lowest BCUT2D eigenvalue weighted by Crippen LogP contribution is -2.21. The molecule has 0 aliphatic carbocycles. The molecule has 0 spiro atoms. The van der Waals surface area contributed by atoms with Gasteiger partial charge in [0.15, 0.2) is 11.5 Å². The molecule has 176 valence electrons. The zero-order valence-electron chi connectivity index (χ0n) is 19.6. The van der Waals surface area contributed by atoms with Gasteiger partial charge in [-0.3, -0.25) is 4.79 Å². The number of nitrogens with zero attached hydrogens (tertiary/aromatic N) is 2. The number of benzene rings is 3. The van der Waals surface area contributed by atoms with Gasteiger partial charge in [-0.2, -0.15) is 5.10 Å². The second-order valence-electron chi connectivity index (χ2n) is 8.14. The number of para-hydroxylation sites is 1. The van der Waals surface area contributed by atoms with E-state index in [-0.39, 0.29) is 5.56 Å². The molecule has 3 aromatic carbocycles. The molecule has 0 fully saturated rings. The number of pyridine rings is 1. The molecule has 2 heterocycles. The smallest absolute Gasteiger partial charge is 0.254 e. The SMILES string of the molecule is COc1ccc(-c2nn(-c3ccccc3)c3[nH]c(=O)c(CNCc4ccccc4)cc23)cc1OC. The van der Waals surface area contributed by atoms with E-state index in [1.54, 1.807) is 18.9 Å². The predicted molar refractivity (Wildman–Crippen MR) is 137 cm³/mol. The average molecular weight is 467 g/mol. The minimum absolute atomic E-state index is 0.144. The monoisotopic (exact) mass is 466 g/mol. The Bertz CT molecular complexity index is 1510. The number of ether oxygens (including phenoxy) is 2. The van der Waals surface area contributed by atoms with Crippen LogP contribution < -0.4 is 20.3 Å². The highest BCUT2D eigenvalue weighted by Gasteiger charge is 2.18. The molecule has 0 bridgehead atoms. The zero-order valence-corrected chi connectivity index (χ0v) is 19.6. The number of nitrogens with one attached hydrogen (secondary N) is 2. The van der Waals surface area contributed by atoms with E-state index in [0.717, 1.165) is 27.9 Å². The van der Waals surface area contributed by atoms with E-state index in [4.69, 9.17) is 14.6 Å². The summed E-state index contributed by atoms with van der Waals surface area (Å²) in [5.41, 5.74) is 4.75. The fourth-order valence-electron chi connectivity index (χ4n) is 4.14. The van der Waals surface area contributed by atoms with Gasteiger partial charge in [0, 0.05) is 29.6 Å². The second kappa shape index (κ2) is 9.87. The van der Waals surface area contributed by atoms with Crippen LogP contribution in [0.2, 0.25) is 0 Å². The van der Waals surface area contributed by atoms with Crippen LogP contribution in [0.5, 0.6) is 11.5 Å². The maximum Gasteiger partial charge on any atom is 0.254 e. The van der Waals surface area contributed by atoms with Crippen molar-refractivity contribution >= 4 is 11.0 Å². The van der Waals surface area contributed by atoms with E-state index < -0.39 is 0 Å². The van der Waals surface area contributed by atoms with Crippen LogP contribution in [0.4, 0.5) is 0 Å². The first-order valence-corrected chi connectivity index (χ1v) is 11.4. The van der Waals surface area contributed by atoms with E-state index >= 15 is 0 Å². The average Bonchev–Trinajstić information content (AvgIpc) is 3.27. The molecule has 0 saturated carbocycles. The standard InChI is InChI=1S/C28H26N4O3/c1-34-24-14-13-20(16-25(24)35-2)26-23-15-21(18-29-17-19-9-5-3-6-10-19)28(33)30-27(23)32(31-26)22-11-7-4-8-12-22/h3-16,29H,17-18H2,1-2H3,(H,30,33). The number of H-pyrrole nitrogens is 1. The molecule has 0 saturated heterocycles. The molecule has 35 heavy (non-hydrogen) atoms. The summed E-state index contributed by atoms with van der Waals surface area (Å²) in [6, 6.07) is 27.5. The first-order chi connectivity index (χ1) is 17.2. The van der Waals surface area contributed by atoms with E-state index in [2.05, 4.69) is 22.4 Å². The second-order valence-corrected chi connectivity index (χ2v) is 8.14. The van der Waals surface area contributed by atoms with E-state index in [0.29, 0.717) is 35.8 Å². The van der Waals surface area contributed by atoms with Crippen molar-refractivity contribution in [2.24, 2.45) is 0 Å². The van der Waals surface area contributed by atoms with Crippen LogP contribution in [0.15, 0.2) is 89.7 Å². The molecule has 7 heteroatoms. The van der Waals surface area contributed by atoms with E-state index in [9.17, 15) is 4.79 Å². The maximum atomic E-state index is 13.0. The summed E-state index contributed by atoms with van der Waals surface area (Å²) >= 11 is 0. The summed E-state index contributed by atoms with van der Waals surface area (Å²) in [7, 11) is 3.22. The molecular formula is C28H26N4O3. The minimum atomic E-state index is -0.144. The lowest BCUT2D eigenvalue weighted by atomic mass is 10.1. The Hall–Kier alpha value is -4.36. The van der Waals surface area contributed by atoms with Gasteiger partial charge in [0.1, 0.15) is 11.3 Å². The molecule has 2 N–H and O–H groups in total. The number of rotatable bonds is 8. The van der Waals surface area contributed by atoms with Crippen molar-refractivity contribution in [2.75, 3.05) is 14.2 Å². The lowest BCUT2D eigenvalue weighted by molar-refractivity contribution is 0.355. The van der Waals surface area contributed by atoms with Gasteiger partial charge in [-0.15, -0.1) is 0 Å². The van der Waals surface area contributed by atoms with Crippen molar-refractivity contribution in [3.8, 4) is 28.4 Å². The minimum Gasteiger partial charge on any atom is -0.493 e. The molecule has 0 atom stereocenters. The van der Waals surface area contributed by atoms with Gasteiger partial charge >= 0.3 is 0 Å². The quantitative estimate of drug-likeness (QED) is 0.347. The number of hydrogen-bond acceptors (Lipinski definition) is 5. The van der Waals surface area contributed by atoms with Crippen molar-refractivity contribution in [2.45, 2.75) is 13.1 Å². The summed E-state index contributed by atoms with van der Waals surface area (Å²) in [5, 5.41) is 9.12. The van der Waals surface area contributed by atoms with Crippen LogP contribution in [-0.4, -0.2) is 29.0 Å². The molecule has 0 aliphatic rings. The van der Waals surface area contributed by atoms with Crippen molar-refractivity contribution in [3.63, 3.8) is 0 Å². The van der Waals surface area contributed by atoms with Gasteiger partial charge in [-0.05, 0) is 42.0 Å². The lowest BCUT2D eigenvalue weighted by Gasteiger charge is -2.09. The third-order valence-electron chi connectivity index (χ3n) is 5.91. The highest BCUT2D eigenvalue weighted by atomic mass is 16.5. The Labute approximate surface area is 203 Å².